The maximum Gasteiger partial charge on any atom is 0.310 e. The summed E-state index contributed by atoms with van der Waals surface area (Å²) in [5.74, 6) is 0.634. The summed E-state index contributed by atoms with van der Waals surface area (Å²) in [6.45, 7) is 4.03. The minimum atomic E-state index is -0.631. The Morgan fingerprint density at radius 3 is 3.00 bits per heavy atom. The first-order chi connectivity index (χ1) is 11.6. The molecule has 128 valence electrons. The van der Waals surface area contributed by atoms with E-state index in [9.17, 15) is 4.79 Å². The molecule has 1 saturated heterocycles. The second-order valence-electron chi connectivity index (χ2n) is 6.20. The van der Waals surface area contributed by atoms with Gasteiger partial charge in [-0.3, -0.25) is 4.79 Å². The van der Waals surface area contributed by atoms with Crippen molar-refractivity contribution in [2.24, 2.45) is 5.92 Å². The summed E-state index contributed by atoms with van der Waals surface area (Å²) in [5.41, 5.74) is 1.03. The number of nitrogens with one attached hydrogen (secondary N) is 1. The Kier molecular flexibility index (Phi) is 4.76. The summed E-state index contributed by atoms with van der Waals surface area (Å²) in [4.78, 5) is 16.7. The molecule has 0 bridgehead atoms. The van der Waals surface area contributed by atoms with Crippen molar-refractivity contribution in [1.82, 2.24) is 4.98 Å². The minimum Gasteiger partial charge on any atom is -0.495 e. The number of carbonyl (C=O) groups excluding carboxylic acids is 1. The fraction of sp³-hybridized carbons (Fsp3) is 0.444. The number of cyclic esters (lactones) is 1. The van der Waals surface area contributed by atoms with Gasteiger partial charge in [0.25, 0.3) is 0 Å². The molecule has 0 aliphatic carbocycles. The molecule has 1 aromatic carbocycles. The molecule has 1 aliphatic rings. The molecular weight excluding hydrogens is 324 g/mol. The van der Waals surface area contributed by atoms with Crippen LogP contribution < -0.4 is 10.1 Å². The van der Waals surface area contributed by atoms with Gasteiger partial charge in [0, 0.05) is 11.8 Å². The van der Waals surface area contributed by atoms with Crippen molar-refractivity contribution in [2.75, 3.05) is 12.4 Å². The first-order valence-electron chi connectivity index (χ1n) is 8.14. The molecule has 0 radical (unpaired) electrons. The van der Waals surface area contributed by atoms with Gasteiger partial charge in [-0.15, -0.1) is 11.3 Å². The van der Waals surface area contributed by atoms with Crippen molar-refractivity contribution in [1.29, 1.82) is 0 Å². The van der Waals surface area contributed by atoms with Crippen molar-refractivity contribution in [2.45, 2.75) is 38.7 Å². The molecule has 2 atom stereocenters. The van der Waals surface area contributed by atoms with Gasteiger partial charge in [0.2, 0.25) is 0 Å². The maximum atomic E-state index is 12.1. The minimum absolute atomic E-state index is 0.0210. The van der Waals surface area contributed by atoms with Crippen LogP contribution in [0, 0.1) is 5.92 Å². The largest absolute Gasteiger partial charge is 0.495 e. The van der Waals surface area contributed by atoms with Crippen LogP contribution in [0.3, 0.4) is 0 Å². The zero-order valence-corrected chi connectivity index (χ0v) is 15.0. The van der Waals surface area contributed by atoms with Gasteiger partial charge in [-0.25, -0.2) is 4.98 Å². The number of carbonyl (C=O) groups is 1. The summed E-state index contributed by atoms with van der Waals surface area (Å²) in [6, 6.07) is 7.69. The van der Waals surface area contributed by atoms with Crippen LogP contribution in [0.1, 0.15) is 38.8 Å². The van der Waals surface area contributed by atoms with Crippen LogP contribution in [0.5, 0.6) is 5.75 Å². The van der Waals surface area contributed by atoms with E-state index >= 15 is 0 Å². The highest BCUT2D eigenvalue weighted by Gasteiger charge is 2.45. The van der Waals surface area contributed by atoms with Crippen LogP contribution in [-0.4, -0.2) is 18.1 Å². The number of nitrogens with zero attached hydrogens (tertiary/aromatic N) is 1. The number of hydrogen-bond acceptors (Lipinski definition) is 6. The Balaban J connectivity index is 1.77. The first-order valence-corrected chi connectivity index (χ1v) is 9.02. The molecule has 0 spiro atoms. The van der Waals surface area contributed by atoms with Gasteiger partial charge < -0.3 is 14.8 Å². The molecule has 0 amide bonds. The van der Waals surface area contributed by atoms with Crippen molar-refractivity contribution in [3.63, 3.8) is 0 Å². The zero-order valence-electron chi connectivity index (χ0n) is 14.2. The molecule has 2 aromatic rings. The van der Waals surface area contributed by atoms with E-state index in [0.717, 1.165) is 35.1 Å². The van der Waals surface area contributed by atoms with Crippen LogP contribution >= 0.6 is 11.3 Å². The lowest BCUT2D eigenvalue weighted by Crippen LogP contribution is -2.21. The lowest BCUT2D eigenvalue weighted by atomic mass is 9.91. The third-order valence-corrected chi connectivity index (χ3v) is 5.08. The van der Waals surface area contributed by atoms with Crippen molar-refractivity contribution in [3.05, 3.63) is 35.3 Å². The third-order valence-electron chi connectivity index (χ3n) is 4.33. The molecule has 6 heteroatoms. The predicted molar refractivity (Wildman–Crippen MR) is 94.8 cm³/mol. The molecule has 3 rings (SSSR count). The molecular formula is C18H22N2O3S. The molecule has 1 N–H and O–H groups in total. The van der Waals surface area contributed by atoms with Gasteiger partial charge in [0.1, 0.15) is 5.75 Å². The molecule has 1 fully saturated rings. The van der Waals surface area contributed by atoms with E-state index < -0.39 is 5.60 Å². The van der Waals surface area contributed by atoms with Crippen LogP contribution in [-0.2, 0) is 15.1 Å². The van der Waals surface area contributed by atoms with Crippen molar-refractivity contribution >= 4 is 28.1 Å². The van der Waals surface area contributed by atoms with E-state index in [1.54, 1.807) is 7.11 Å². The highest BCUT2D eigenvalue weighted by Crippen LogP contribution is 2.42. The number of benzene rings is 1. The van der Waals surface area contributed by atoms with E-state index in [1.807, 2.05) is 36.6 Å². The topological polar surface area (TPSA) is 60.4 Å². The summed E-state index contributed by atoms with van der Waals surface area (Å²) < 4.78 is 11.0. The number of methoxy groups -OCH3 is 1. The van der Waals surface area contributed by atoms with Gasteiger partial charge in [-0.2, -0.15) is 0 Å². The van der Waals surface area contributed by atoms with E-state index in [1.165, 1.54) is 11.3 Å². The molecule has 1 aliphatic heterocycles. The molecule has 0 saturated carbocycles. The Morgan fingerprint density at radius 1 is 1.46 bits per heavy atom. The van der Waals surface area contributed by atoms with Gasteiger partial charge in [-0.05, 0) is 25.5 Å². The summed E-state index contributed by atoms with van der Waals surface area (Å²) in [5, 5.41) is 5.99. The Bertz CT molecular complexity index is 731. The van der Waals surface area contributed by atoms with E-state index in [4.69, 9.17) is 9.47 Å². The average molecular weight is 346 g/mol. The molecule has 2 heterocycles. The first kappa shape index (κ1) is 16.8. The monoisotopic (exact) mass is 346 g/mol. The second kappa shape index (κ2) is 6.81. The van der Waals surface area contributed by atoms with Gasteiger partial charge in [0.05, 0.1) is 24.4 Å². The zero-order chi connectivity index (χ0) is 17.2. The molecule has 24 heavy (non-hydrogen) atoms. The van der Waals surface area contributed by atoms with Crippen LogP contribution in [0.15, 0.2) is 29.6 Å². The number of para-hydroxylation sites is 2. The molecule has 5 nitrogen and oxygen atoms in total. The highest BCUT2D eigenvalue weighted by molar-refractivity contribution is 7.13. The van der Waals surface area contributed by atoms with Crippen LogP contribution in [0.2, 0.25) is 0 Å². The van der Waals surface area contributed by atoms with E-state index in [2.05, 4.69) is 17.2 Å². The van der Waals surface area contributed by atoms with Gasteiger partial charge in [0.15, 0.2) is 10.7 Å². The fourth-order valence-electron chi connectivity index (χ4n) is 3.06. The number of rotatable bonds is 6. The second-order valence-corrected chi connectivity index (χ2v) is 7.06. The van der Waals surface area contributed by atoms with Crippen molar-refractivity contribution < 1.29 is 14.3 Å². The van der Waals surface area contributed by atoms with Gasteiger partial charge in [-0.1, -0.05) is 25.5 Å². The SMILES string of the molecule is CCC[C@@H]1C[C@@](C)(c2csc(Nc3ccccc3OC)n2)OC1=O. The van der Waals surface area contributed by atoms with Crippen molar-refractivity contribution in [3.8, 4) is 5.75 Å². The average Bonchev–Trinajstić information content (AvgIpc) is 3.14. The Morgan fingerprint density at radius 2 is 2.25 bits per heavy atom. The molecule has 0 unspecified atom stereocenters. The highest BCUT2D eigenvalue weighted by atomic mass is 32.1. The van der Waals surface area contributed by atoms with Crippen LogP contribution in [0.4, 0.5) is 10.8 Å². The normalized spacial score (nSPS) is 23.1. The van der Waals surface area contributed by atoms with E-state index in [0.29, 0.717) is 6.42 Å². The smallest absolute Gasteiger partial charge is 0.310 e. The van der Waals surface area contributed by atoms with E-state index in [-0.39, 0.29) is 11.9 Å². The summed E-state index contributed by atoms with van der Waals surface area (Å²) >= 11 is 1.50. The van der Waals surface area contributed by atoms with Gasteiger partial charge >= 0.3 is 5.97 Å². The lowest BCUT2D eigenvalue weighted by Gasteiger charge is -2.20. The molecule has 1 aromatic heterocycles. The summed E-state index contributed by atoms with van der Waals surface area (Å²) in [6.07, 6.45) is 2.54. The lowest BCUT2D eigenvalue weighted by molar-refractivity contribution is -0.150. The Hall–Kier alpha value is -2.08. The quantitative estimate of drug-likeness (QED) is 0.782. The fourth-order valence-corrected chi connectivity index (χ4v) is 3.91. The predicted octanol–water partition coefficient (Wildman–Crippen LogP) is 4.47. The number of thiazole rings is 1. The number of ether oxygens (including phenoxy) is 2. The maximum absolute atomic E-state index is 12.1. The number of aromatic nitrogens is 1. The third kappa shape index (κ3) is 3.24. The van der Waals surface area contributed by atoms with Crippen LogP contribution in [0.25, 0.3) is 0 Å². The number of anilines is 2. The number of hydrogen-bond donors (Lipinski definition) is 1. The summed E-state index contributed by atoms with van der Waals surface area (Å²) in [7, 11) is 1.64. The number of esters is 1. The Labute approximate surface area is 146 Å². The standard InChI is InChI=1S/C18H22N2O3S/c1-4-7-12-10-18(2,23-16(12)21)15-11-24-17(20-15)19-13-8-5-6-9-14(13)22-3/h5-6,8-9,11-12H,4,7,10H2,1-3H3,(H,19,20)/t12-,18+/m1/s1.